The summed E-state index contributed by atoms with van der Waals surface area (Å²) in [5.74, 6) is -1.26. The Hall–Kier alpha value is -1.83. The van der Waals surface area contributed by atoms with Gasteiger partial charge in [-0.05, 0) is 6.42 Å². The van der Waals surface area contributed by atoms with Crippen molar-refractivity contribution in [2.24, 2.45) is 0 Å². The zero-order valence-electron chi connectivity index (χ0n) is 10.9. The molecule has 8 heteroatoms. The highest BCUT2D eigenvalue weighted by molar-refractivity contribution is 5.86. The topological polar surface area (TPSA) is 111 Å². The fourth-order valence-electron chi connectivity index (χ4n) is 1.73. The number of aliphatic carboxylic acids is 1. The lowest BCUT2D eigenvalue weighted by atomic mass is 10.2. The number of nitrogens with one attached hydrogen (secondary N) is 3. The van der Waals surface area contributed by atoms with Gasteiger partial charge >= 0.3 is 12.0 Å². The highest BCUT2D eigenvalue weighted by Gasteiger charge is 2.19. The maximum absolute atomic E-state index is 11.7. The second-order valence-corrected chi connectivity index (χ2v) is 4.26. The van der Waals surface area contributed by atoms with Crippen LogP contribution in [-0.4, -0.2) is 66.7 Å². The molecule has 0 aromatic carbocycles. The standard InChI is InChI=1S/C11H20N4O4/c1-2-8(10(17)18)14-11(19)13-7-9(16)15-5-3-12-4-6-15/h8,12H,2-7H2,1H3,(H,17,18)(H2,13,14,19)/t8-/m1/s1. The summed E-state index contributed by atoms with van der Waals surface area (Å²) in [5, 5.41) is 16.6. The molecule has 0 aliphatic carbocycles. The largest absolute Gasteiger partial charge is 0.480 e. The van der Waals surface area contributed by atoms with Gasteiger partial charge in [0.15, 0.2) is 0 Å². The van der Waals surface area contributed by atoms with Crippen LogP contribution in [0.4, 0.5) is 4.79 Å². The summed E-state index contributed by atoms with van der Waals surface area (Å²) in [5.41, 5.74) is 0. The Morgan fingerprint density at radius 3 is 2.47 bits per heavy atom. The number of carboxylic acid groups (broad SMARTS) is 1. The van der Waals surface area contributed by atoms with E-state index in [1.807, 2.05) is 0 Å². The molecule has 1 aliphatic heterocycles. The summed E-state index contributed by atoms with van der Waals surface area (Å²) in [6.45, 7) is 4.26. The van der Waals surface area contributed by atoms with Gasteiger partial charge in [-0.3, -0.25) is 4.79 Å². The van der Waals surface area contributed by atoms with Gasteiger partial charge in [0.1, 0.15) is 6.04 Å². The summed E-state index contributed by atoms with van der Waals surface area (Å²) in [6.07, 6.45) is 0.286. The Morgan fingerprint density at radius 1 is 1.32 bits per heavy atom. The van der Waals surface area contributed by atoms with E-state index >= 15 is 0 Å². The molecule has 0 aromatic heterocycles. The predicted molar refractivity (Wildman–Crippen MR) is 67.7 cm³/mol. The van der Waals surface area contributed by atoms with Gasteiger partial charge in [-0.15, -0.1) is 0 Å². The molecule has 0 aromatic rings. The molecule has 4 N–H and O–H groups in total. The van der Waals surface area contributed by atoms with Crippen molar-refractivity contribution in [2.45, 2.75) is 19.4 Å². The van der Waals surface area contributed by atoms with Crippen LogP contribution in [0.2, 0.25) is 0 Å². The molecule has 108 valence electrons. The zero-order chi connectivity index (χ0) is 14.3. The second-order valence-electron chi connectivity index (χ2n) is 4.26. The molecule has 19 heavy (non-hydrogen) atoms. The quantitative estimate of drug-likeness (QED) is 0.491. The number of carbonyl (C=O) groups excluding carboxylic acids is 2. The maximum Gasteiger partial charge on any atom is 0.326 e. The van der Waals surface area contributed by atoms with Crippen LogP contribution in [0, 0.1) is 0 Å². The molecular formula is C11H20N4O4. The Balaban J connectivity index is 2.29. The van der Waals surface area contributed by atoms with Gasteiger partial charge < -0.3 is 26.0 Å². The van der Waals surface area contributed by atoms with Crippen molar-refractivity contribution in [3.8, 4) is 0 Å². The van der Waals surface area contributed by atoms with E-state index in [-0.39, 0.29) is 18.9 Å². The third kappa shape index (κ3) is 5.12. The average molecular weight is 272 g/mol. The van der Waals surface area contributed by atoms with Gasteiger partial charge in [0.25, 0.3) is 0 Å². The minimum atomic E-state index is -1.09. The van der Waals surface area contributed by atoms with Gasteiger partial charge in [-0.25, -0.2) is 9.59 Å². The number of rotatable bonds is 5. The zero-order valence-corrected chi connectivity index (χ0v) is 10.9. The molecule has 1 saturated heterocycles. The molecular weight excluding hydrogens is 252 g/mol. The van der Waals surface area contributed by atoms with Crippen LogP contribution in [0.3, 0.4) is 0 Å². The first-order valence-corrected chi connectivity index (χ1v) is 6.30. The number of carbonyl (C=O) groups is 3. The van der Waals surface area contributed by atoms with Crippen molar-refractivity contribution in [2.75, 3.05) is 32.7 Å². The van der Waals surface area contributed by atoms with Crippen LogP contribution in [0.1, 0.15) is 13.3 Å². The van der Waals surface area contributed by atoms with Crippen molar-refractivity contribution in [3.63, 3.8) is 0 Å². The van der Waals surface area contributed by atoms with E-state index in [9.17, 15) is 14.4 Å². The molecule has 0 bridgehead atoms. The van der Waals surface area contributed by atoms with E-state index in [4.69, 9.17) is 5.11 Å². The number of hydrogen-bond acceptors (Lipinski definition) is 4. The van der Waals surface area contributed by atoms with E-state index in [1.165, 1.54) is 0 Å². The third-order valence-electron chi connectivity index (χ3n) is 2.88. The predicted octanol–water partition coefficient (Wildman–Crippen LogP) is -1.42. The molecule has 1 atom stereocenters. The van der Waals surface area contributed by atoms with Gasteiger partial charge in [-0.1, -0.05) is 6.92 Å². The van der Waals surface area contributed by atoms with E-state index in [2.05, 4.69) is 16.0 Å². The van der Waals surface area contributed by atoms with E-state index in [0.29, 0.717) is 13.1 Å². The Kier molecular flexibility index (Phi) is 6.07. The summed E-state index contributed by atoms with van der Waals surface area (Å²) in [6, 6.07) is -1.58. The molecule has 0 radical (unpaired) electrons. The van der Waals surface area contributed by atoms with Crippen LogP contribution in [0.15, 0.2) is 0 Å². The van der Waals surface area contributed by atoms with Gasteiger partial charge in [0.05, 0.1) is 6.54 Å². The Labute approximate surface area is 111 Å². The summed E-state index contributed by atoms with van der Waals surface area (Å²) >= 11 is 0. The molecule has 3 amide bonds. The second kappa shape index (κ2) is 7.57. The van der Waals surface area contributed by atoms with Crippen LogP contribution < -0.4 is 16.0 Å². The summed E-state index contributed by atoms with van der Waals surface area (Å²) in [7, 11) is 0. The Morgan fingerprint density at radius 2 is 1.95 bits per heavy atom. The number of carboxylic acids is 1. The molecule has 1 aliphatic rings. The molecule has 1 rings (SSSR count). The van der Waals surface area contributed by atoms with E-state index in [1.54, 1.807) is 11.8 Å². The van der Waals surface area contributed by atoms with Gasteiger partial charge in [-0.2, -0.15) is 0 Å². The lowest BCUT2D eigenvalue weighted by Crippen LogP contribution is -2.52. The van der Waals surface area contributed by atoms with Crippen LogP contribution in [0.25, 0.3) is 0 Å². The van der Waals surface area contributed by atoms with E-state index < -0.39 is 18.0 Å². The summed E-state index contributed by atoms with van der Waals surface area (Å²) in [4.78, 5) is 35.6. The van der Waals surface area contributed by atoms with Crippen molar-refractivity contribution < 1.29 is 19.5 Å². The normalized spacial score (nSPS) is 16.6. The van der Waals surface area contributed by atoms with Gasteiger partial charge in [0.2, 0.25) is 5.91 Å². The molecule has 0 unspecified atom stereocenters. The fourth-order valence-corrected chi connectivity index (χ4v) is 1.73. The number of piperazine rings is 1. The SMILES string of the molecule is CC[C@@H](NC(=O)NCC(=O)N1CCNCC1)C(=O)O. The number of nitrogens with zero attached hydrogens (tertiary/aromatic N) is 1. The maximum atomic E-state index is 11.7. The monoisotopic (exact) mass is 272 g/mol. The summed E-state index contributed by atoms with van der Waals surface area (Å²) < 4.78 is 0. The van der Waals surface area contributed by atoms with Crippen LogP contribution >= 0.6 is 0 Å². The molecule has 0 saturated carbocycles. The van der Waals surface area contributed by atoms with Crippen molar-refractivity contribution in [1.82, 2.24) is 20.9 Å². The first-order chi connectivity index (χ1) is 9.04. The number of hydrogen-bond donors (Lipinski definition) is 4. The third-order valence-corrected chi connectivity index (χ3v) is 2.88. The lowest BCUT2D eigenvalue weighted by molar-refractivity contribution is -0.139. The first kappa shape index (κ1) is 15.2. The van der Waals surface area contributed by atoms with Gasteiger partial charge in [0, 0.05) is 26.2 Å². The van der Waals surface area contributed by atoms with E-state index in [0.717, 1.165) is 13.1 Å². The minimum Gasteiger partial charge on any atom is -0.480 e. The highest BCUT2D eigenvalue weighted by atomic mass is 16.4. The number of urea groups is 1. The molecule has 8 nitrogen and oxygen atoms in total. The first-order valence-electron chi connectivity index (χ1n) is 6.30. The number of amides is 3. The highest BCUT2D eigenvalue weighted by Crippen LogP contribution is 1.93. The smallest absolute Gasteiger partial charge is 0.326 e. The average Bonchev–Trinajstić information content (AvgIpc) is 2.42. The van der Waals surface area contributed by atoms with Crippen molar-refractivity contribution in [3.05, 3.63) is 0 Å². The minimum absolute atomic E-state index is 0.123. The van der Waals surface area contributed by atoms with Crippen molar-refractivity contribution >= 4 is 17.9 Å². The Bertz CT molecular complexity index is 342. The van der Waals surface area contributed by atoms with Crippen LogP contribution in [0.5, 0.6) is 0 Å². The molecule has 1 fully saturated rings. The molecule has 1 heterocycles. The van der Waals surface area contributed by atoms with Crippen molar-refractivity contribution in [1.29, 1.82) is 0 Å². The molecule has 0 spiro atoms. The van der Waals surface area contributed by atoms with Crippen LogP contribution in [-0.2, 0) is 9.59 Å². The lowest BCUT2D eigenvalue weighted by Gasteiger charge is -2.27. The fraction of sp³-hybridized carbons (Fsp3) is 0.727.